The number of nitrogens with zero attached hydrogens (tertiary/aromatic N) is 2. The van der Waals surface area contributed by atoms with E-state index in [2.05, 4.69) is 84.9 Å². The van der Waals surface area contributed by atoms with Crippen LogP contribution in [0.15, 0.2) is 133 Å². The molecule has 4 aromatic heterocycles. The fourth-order valence-electron chi connectivity index (χ4n) is 15.1. The van der Waals surface area contributed by atoms with Crippen molar-refractivity contribution < 1.29 is 18.4 Å². The molecular formula is C64H42F2N2O2. The first-order valence-corrected chi connectivity index (χ1v) is 25.3. The van der Waals surface area contributed by atoms with Crippen molar-refractivity contribution in [3.8, 4) is 22.3 Å². The molecule has 0 amide bonds. The van der Waals surface area contributed by atoms with Gasteiger partial charge in [0.2, 0.25) is 0 Å². The van der Waals surface area contributed by atoms with Gasteiger partial charge in [0, 0.05) is 66.1 Å². The normalized spacial score (nSPS) is 20.3. The summed E-state index contributed by atoms with van der Waals surface area (Å²) in [5, 5.41) is 9.51. The highest BCUT2D eigenvalue weighted by atomic mass is 19.1. The van der Waals surface area contributed by atoms with Gasteiger partial charge in [-0.1, -0.05) is 97.1 Å². The molecule has 334 valence electrons. The predicted octanol–water partition coefficient (Wildman–Crippen LogP) is 16.8. The van der Waals surface area contributed by atoms with Crippen LogP contribution in [0.2, 0.25) is 0 Å². The van der Waals surface area contributed by atoms with Gasteiger partial charge in [0.15, 0.2) is 23.2 Å². The molecule has 6 aliphatic rings. The maximum atomic E-state index is 19.2. The molecule has 9 aromatic carbocycles. The van der Waals surface area contributed by atoms with E-state index in [1.165, 1.54) is 0 Å². The Labute approximate surface area is 399 Å². The molecule has 2 saturated carbocycles. The number of carbonyl (C=O) groups excluding carboxylic acids is 2. The summed E-state index contributed by atoms with van der Waals surface area (Å²) in [5.74, 6) is -0.112. The van der Waals surface area contributed by atoms with Gasteiger partial charge >= 0.3 is 0 Å². The number of rotatable bonds is 2. The van der Waals surface area contributed by atoms with Crippen molar-refractivity contribution in [3.63, 3.8) is 0 Å². The van der Waals surface area contributed by atoms with E-state index in [4.69, 9.17) is 0 Å². The molecule has 0 atom stereocenters. The number of ketones is 2. The minimum atomic E-state index is -0.492. The molecule has 0 unspecified atom stereocenters. The van der Waals surface area contributed by atoms with Gasteiger partial charge in [-0.05, 0) is 155 Å². The topological polar surface area (TPSA) is 43.0 Å². The first kappa shape index (κ1) is 38.2. The van der Waals surface area contributed by atoms with Crippen molar-refractivity contribution in [2.75, 3.05) is 0 Å². The molecule has 70 heavy (non-hydrogen) atoms. The second-order valence-corrected chi connectivity index (χ2v) is 21.3. The SMILES string of the molecule is O=C1c2cc3c(cc2C2CCC1CC2)c1c2cccc(-c4ccccc4)c2cc2c4c(F)c5c(c(F)c4n3c21)c1cc2c(-c3ccccc3)cccc2c2c3cc4c(cc3n5c12)C(=O)C1CCC4CC1. The van der Waals surface area contributed by atoms with Gasteiger partial charge in [-0.2, -0.15) is 0 Å². The highest BCUT2D eigenvalue weighted by Crippen LogP contribution is 2.54. The summed E-state index contributed by atoms with van der Waals surface area (Å²) in [6, 6.07) is 46.1. The number of fused-ring (bicyclic) bond motifs is 20. The summed E-state index contributed by atoms with van der Waals surface area (Å²) < 4.78 is 42.4. The zero-order valence-corrected chi connectivity index (χ0v) is 38.1. The Morgan fingerprint density at radius 2 is 0.743 bits per heavy atom. The van der Waals surface area contributed by atoms with E-state index in [-0.39, 0.29) is 57.0 Å². The van der Waals surface area contributed by atoms with Crippen molar-refractivity contribution in [2.24, 2.45) is 11.8 Å². The Hall–Kier alpha value is -7.70. The minimum Gasteiger partial charge on any atom is -0.305 e. The monoisotopic (exact) mass is 908 g/mol. The van der Waals surface area contributed by atoms with E-state index in [9.17, 15) is 9.59 Å². The van der Waals surface area contributed by atoms with Crippen molar-refractivity contribution in [1.82, 2.24) is 8.80 Å². The van der Waals surface area contributed by atoms with Crippen molar-refractivity contribution in [2.45, 2.75) is 63.2 Å². The molecule has 6 aliphatic carbocycles. The average Bonchev–Trinajstić information content (AvgIpc) is 4.07. The number of hydrogen-bond donors (Lipinski definition) is 0. The van der Waals surface area contributed by atoms with E-state index in [1.807, 2.05) is 57.3 Å². The van der Waals surface area contributed by atoms with Gasteiger partial charge < -0.3 is 8.80 Å². The molecule has 4 bridgehead atoms. The molecule has 6 heteroatoms. The smallest absolute Gasteiger partial charge is 0.166 e. The van der Waals surface area contributed by atoms with Crippen molar-refractivity contribution >= 4 is 109 Å². The number of carbonyl (C=O) groups is 2. The summed E-state index contributed by atoms with van der Waals surface area (Å²) in [7, 11) is 0. The van der Waals surface area contributed by atoms with Crippen LogP contribution in [0.4, 0.5) is 8.78 Å². The summed E-state index contributed by atoms with van der Waals surface area (Å²) in [4.78, 5) is 28.9. The summed E-state index contributed by atoms with van der Waals surface area (Å²) in [5.41, 5.74) is 11.1. The molecule has 0 aliphatic heterocycles. The third kappa shape index (κ3) is 4.53. The molecule has 0 radical (unpaired) electrons. The van der Waals surface area contributed by atoms with Crippen LogP contribution in [0.1, 0.15) is 95.0 Å². The van der Waals surface area contributed by atoms with Crippen LogP contribution in [-0.4, -0.2) is 20.4 Å². The van der Waals surface area contributed by atoms with Gasteiger partial charge in [0.05, 0.1) is 33.1 Å². The first-order chi connectivity index (χ1) is 34.4. The zero-order chi connectivity index (χ0) is 46.0. The second kappa shape index (κ2) is 13.1. The molecule has 4 nitrogen and oxygen atoms in total. The highest BCUT2D eigenvalue weighted by Gasteiger charge is 2.39. The predicted molar refractivity (Wildman–Crippen MR) is 280 cm³/mol. The Kier molecular flexibility index (Phi) is 7.16. The molecule has 19 rings (SSSR count). The van der Waals surface area contributed by atoms with E-state index in [1.54, 1.807) is 0 Å². The lowest BCUT2D eigenvalue weighted by Gasteiger charge is -2.22. The van der Waals surface area contributed by atoms with Crippen molar-refractivity contribution in [3.05, 3.63) is 167 Å². The molecule has 0 N–H and O–H groups in total. The van der Waals surface area contributed by atoms with Gasteiger partial charge in [-0.3, -0.25) is 9.59 Å². The number of Topliss-reactive ketones (excluding diaryl/α,β-unsaturated/α-hetero) is 2. The van der Waals surface area contributed by atoms with Crippen LogP contribution >= 0.6 is 0 Å². The quantitative estimate of drug-likeness (QED) is 0.173. The van der Waals surface area contributed by atoms with Crippen LogP contribution in [0.5, 0.6) is 0 Å². The highest BCUT2D eigenvalue weighted by molar-refractivity contribution is 6.37. The average molecular weight is 909 g/mol. The Bertz CT molecular complexity index is 4260. The maximum Gasteiger partial charge on any atom is 0.166 e. The van der Waals surface area contributed by atoms with E-state index < -0.39 is 11.6 Å². The van der Waals surface area contributed by atoms with Gasteiger partial charge in [0.1, 0.15) is 0 Å². The molecule has 0 saturated heterocycles. The van der Waals surface area contributed by atoms with Crippen molar-refractivity contribution in [1.29, 1.82) is 0 Å². The molecule has 4 heterocycles. The number of aromatic nitrogens is 2. The molecular weight excluding hydrogens is 867 g/mol. The largest absolute Gasteiger partial charge is 0.305 e. The van der Waals surface area contributed by atoms with Crippen LogP contribution in [0.3, 0.4) is 0 Å². The summed E-state index contributed by atoms with van der Waals surface area (Å²) in [6.45, 7) is 0. The lowest BCUT2D eigenvalue weighted by Crippen LogP contribution is -2.15. The van der Waals surface area contributed by atoms with E-state index in [0.717, 1.165) is 161 Å². The standard InChI is InChI=1S/C64H42F2N2O2/c65-57-55-49-27-43-37(31-9-3-1-4-10-31)13-7-15-39(43)53-47-25-41-33-17-21-35(22-18-33)63(69)45(41)29-51(47)67(59(49)53)61(55)58(66)56-50-28-44-38(32-11-5-2-6-12-32)14-8-16-40(44)54-48-26-42-34-19-23-36(24-20-34)64(70)46(42)30-52(48)68(60(50)54)62(56)57/h1-16,25-30,33-36H,17-24H2. The lowest BCUT2D eigenvalue weighted by molar-refractivity contribution is 0.0891. The third-order valence-corrected chi connectivity index (χ3v) is 18.2. The van der Waals surface area contributed by atoms with Crippen LogP contribution < -0.4 is 0 Å². The van der Waals surface area contributed by atoms with Gasteiger partial charge in [-0.15, -0.1) is 0 Å². The van der Waals surface area contributed by atoms with Crippen LogP contribution in [0, 0.1) is 23.5 Å². The van der Waals surface area contributed by atoms with Gasteiger partial charge in [0.25, 0.3) is 0 Å². The summed E-state index contributed by atoms with van der Waals surface area (Å²) >= 11 is 0. The lowest BCUT2D eigenvalue weighted by atomic mass is 9.82. The Balaban J connectivity index is 1.11. The van der Waals surface area contributed by atoms with E-state index in [0.29, 0.717) is 10.8 Å². The first-order valence-electron chi connectivity index (χ1n) is 25.3. The zero-order valence-electron chi connectivity index (χ0n) is 38.1. The molecule has 13 aromatic rings. The number of halogens is 2. The third-order valence-electron chi connectivity index (χ3n) is 18.2. The fraction of sp³-hybridized carbons (Fsp3) is 0.188. The number of hydrogen-bond acceptors (Lipinski definition) is 2. The van der Waals surface area contributed by atoms with E-state index >= 15 is 8.78 Å². The minimum absolute atomic E-state index is 0.0198. The Morgan fingerprint density at radius 3 is 1.16 bits per heavy atom. The number of benzene rings is 9. The second-order valence-electron chi connectivity index (χ2n) is 21.3. The molecule has 0 spiro atoms. The van der Waals surface area contributed by atoms with Crippen LogP contribution in [-0.2, 0) is 0 Å². The van der Waals surface area contributed by atoms with Crippen LogP contribution in [0.25, 0.3) is 120 Å². The van der Waals surface area contributed by atoms with Gasteiger partial charge in [-0.25, -0.2) is 8.78 Å². The molecule has 2 fully saturated rings. The Morgan fingerprint density at radius 1 is 0.343 bits per heavy atom. The fourth-order valence-corrected chi connectivity index (χ4v) is 15.1. The maximum absolute atomic E-state index is 19.2. The summed E-state index contributed by atoms with van der Waals surface area (Å²) in [6.07, 6.45) is 7.44.